The third-order valence-electron chi connectivity index (χ3n) is 3.63. The maximum absolute atomic E-state index is 12.4. The van der Waals surface area contributed by atoms with Crippen LogP contribution in [0, 0.1) is 13.8 Å². The second kappa shape index (κ2) is 6.83. The first-order valence-electron chi connectivity index (χ1n) is 7.30. The van der Waals surface area contributed by atoms with Crippen LogP contribution in [-0.4, -0.2) is 20.1 Å². The fraction of sp³-hybridized carbons (Fsp3) is 0.235. The monoisotopic (exact) mass is 332 g/mol. The predicted molar refractivity (Wildman–Crippen MR) is 93.4 cm³/mol. The lowest BCUT2D eigenvalue weighted by atomic mass is 10.1. The van der Waals surface area contributed by atoms with E-state index in [9.17, 15) is 13.2 Å². The lowest BCUT2D eigenvalue weighted by Gasteiger charge is -2.11. The van der Waals surface area contributed by atoms with Gasteiger partial charge in [0.1, 0.15) is 0 Å². The number of hydrogen-bond acceptors (Lipinski definition) is 3. The number of hydrogen-bond donors (Lipinski definition) is 2. The highest BCUT2D eigenvalue weighted by Crippen LogP contribution is 2.20. The van der Waals surface area contributed by atoms with Gasteiger partial charge in [0.15, 0.2) is 0 Å². The molecule has 0 aliphatic rings. The van der Waals surface area contributed by atoms with Crippen LogP contribution in [0.5, 0.6) is 0 Å². The Bertz CT molecular complexity index is 829. The summed E-state index contributed by atoms with van der Waals surface area (Å²) in [6.45, 7) is 5.47. The van der Waals surface area contributed by atoms with Gasteiger partial charge in [0.2, 0.25) is 10.0 Å². The number of carbonyl (C=O) groups is 1. The Morgan fingerprint density at radius 2 is 1.78 bits per heavy atom. The van der Waals surface area contributed by atoms with Crippen molar-refractivity contribution in [1.29, 1.82) is 0 Å². The van der Waals surface area contributed by atoms with Crippen LogP contribution >= 0.6 is 0 Å². The lowest BCUT2D eigenvalue weighted by Crippen LogP contribution is -2.16. The van der Waals surface area contributed by atoms with Crippen LogP contribution < -0.4 is 10.0 Å². The summed E-state index contributed by atoms with van der Waals surface area (Å²) in [4.78, 5) is 12.4. The van der Waals surface area contributed by atoms with E-state index >= 15 is 0 Å². The summed E-state index contributed by atoms with van der Waals surface area (Å²) in [7, 11) is -3.37. The van der Waals surface area contributed by atoms with Gasteiger partial charge in [0.25, 0.3) is 5.91 Å². The van der Waals surface area contributed by atoms with Crippen molar-refractivity contribution >= 4 is 27.3 Å². The molecule has 0 spiro atoms. The van der Waals surface area contributed by atoms with Crippen LogP contribution in [-0.2, 0) is 10.0 Å². The van der Waals surface area contributed by atoms with Crippen molar-refractivity contribution in [1.82, 2.24) is 0 Å². The molecule has 0 aliphatic carbocycles. The van der Waals surface area contributed by atoms with Gasteiger partial charge in [-0.3, -0.25) is 9.52 Å². The second-order valence-corrected chi connectivity index (χ2v) is 7.30. The number of carbonyl (C=O) groups excluding carboxylic acids is 1. The molecule has 122 valence electrons. The largest absolute Gasteiger partial charge is 0.322 e. The zero-order valence-electron chi connectivity index (χ0n) is 13.4. The molecule has 0 heterocycles. The maximum atomic E-state index is 12.4. The third kappa shape index (κ3) is 4.32. The Kier molecular flexibility index (Phi) is 5.05. The van der Waals surface area contributed by atoms with Crippen molar-refractivity contribution in [2.75, 3.05) is 15.8 Å². The van der Waals surface area contributed by atoms with Gasteiger partial charge in [-0.05, 0) is 56.2 Å². The molecule has 2 aromatic rings. The van der Waals surface area contributed by atoms with Gasteiger partial charge in [0, 0.05) is 16.9 Å². The molecule has 0 atom stereocenters. The summed E-state index contributed by atoms with van der Waals surface area (Å²) in [5, 5.41) is 2.86. The van der Waals surface area contributed by atoms with E-state index in [1.165, 1.54) is 6.07 Å². The highest BCUT2D eigenvalue weighted by atomic mass is 32.2. The van der Waals surface area contributed by atoms with Crippen molar-refractivity contribution in [3.05, 3.63) is 59.2 Å². The van der Waals surface area contributed by atoms with E-state index in [2.05, 4.69) is 10.0 Å². The van der Waals surface area contributed by atoms with Gasteiger partial charge in [-0.25, -0.2) is 8.42 Å². The molecule has 5 nitrogen and oxygen atoms in total. The van der Waals surface area contributed by atoms with Gasteiger partial charge in [0.05, 0.1) is 5.75 Å². The summed E-state index contributed by atoms with van der Waals surface area (Å²) >= 11 is 0. The topological polar surface area (TPSA) is 75.3 Å². The highest BCUT2D eigenvalue weighted by Gasteiger charge is 2.11. The van der Waals surface area contributed by atoms with Crippen LogP contribution in [0.4, 0.5) is 11.4 Å². The predicted octanol–water partition coefficient (Wildman–Crippen LogP) is 3.32. The van der Waals surface area contributed by atoms with Crippen molar-refractivity contribution in [2.24, 2.45) is 0 Å². The molecular formula is C17H20N2O3S. The third-order valence-corrected chi connectivity index (χ3v) is 4.94. The maximum Gasteiger partial charge on any atom is 0.255 e. The first-order valence-corrected chi connectivity index (χ1v) is 8.96. The zero-order valence-corrected chi connectivity index (χ0v) is 14.2. The minimum absolute atomic E-state index is 0.0219. The summed E-state index contributed by atoms with van der Waals surface area (Å²) < 4.78 is 25.7. The van der Waals surface area contributed by atoms with E-state index in [-0.39, 0.29) is 11.7 Å². The summed E-state index contributed by atoms with van der Waals surface area (Å²) in [5.41, 5.74) is 3.60. The number of nitrogens with one attached hydrogen (secondary N) is 2. The summed E-state index contributed by atoms with van der Waals surface area (Å²) in [6, 6.07) is 12.1. The van der Waals surface area contributed by atoms with Gasteiger partial charge >= 0.3 is 0 Å². The Morgan fingerprint density at radius 3 is 2.48 bits per heavy atom. The number of sulfonamides is 1. The fourth-order valence-electron chi connectivity index (χ4n) is 2.06. The van der Waals surface area contributed by atoms with Crippen molar-refractivity contribution in [2.45, 2.75) is 20.8 Å². The molecule has 0 aliphatic heterocycles. The minimum Gasteiger partial charge on any atom is -0.322 e. The van der Waals surface area contributed by atoms with Crippen LogP contribution in [0.3, 0.4) is 0 Å². The van der Waals surface area contributed by atoms with E-state index in [1.54, 1.807) is 25.1 Å². The molecule has 0 saturated heterocycles. The molecule has 0 unspecified atom stereocenters. The average Bonchev–Trinajstić information content (AvgIpc) is 2.51. The van der Waals surface area contributed by atoms with Crippen LogP contribution in [0.1, 0.15) is 28.4 Å². The summed E-state index contributed by atoms with van der Waals surface area (Å²) in [5.74, 6) is -0.303. The molecule has 0 radical (unpaired) electrons. The van der Waals surface area contributed by atoms with Crippen LogP contribution in [0.25, 0.3) is 0 Å². The number of amides is 1. The molecule has 1 amide bonds. The SMILES string of the molecule is CCS(=O)(=O)Nc1cccc(C(=O)Nc2cccc(C)c2C)c1. The Morgan fingerprint density at radius 1 is 1.09 bits per heavy atom. The lowest BCUT2D eigenvalue weighted by molar-refractivity contribution is 0.102. The smallest absolute Gasteiger partial charge is 0.255 e. The van der Waals surface area contributed by atoms with E-state index in [0.29, 0.717) is 11.3 Å². The van der Waals surface area contributed by atoms with E-state index in [1.807, 2.05) is 32.0 Å². The molecule has 2 N–H and O–H groups in total. The van der Waals surface area contributed by atoms with Crippen molar-refractivity contribution in [3.63, 3.8) is 0 Å². The van der Waals surface area contributed by atoms with Crippen LogP contribution in [0.15, 0.2) is 42.5 Å². The van der Waals surface area contributed by atoms with Crippen molar-refractivity contribution < 1.29 is 13.2 Å². The summed E-state index contributed by atoms with van der Waals surface area (Å²) in [6.07, 6.45) is 0. The molecule has 2 rings (SSSR count). The molecule has 0 fully saturated rings. The molecule has 0 bridgehead atoms. The molecule has 0 saturated carbocycles. The molecule has 6 heteroatoms. The van der Waals surface area contributed by atoms with Gasteiger partial charge in [-0.2, -0.15) is 0 Å². The number of anilines is 2. The fourth-order valence-corrected chi connectivity index (χ4v) is 2.69. The highest BCUT2D eigenvalue weighted by molar-refractivity contribution is 7.92. The van der Waals surface area contributed by atoms with Crippen molar-refractivity contribution in [3.8, 4) is 0 Å². The molecular weight excluding hydrogens is 312 g/mol. The average molecular weight is 332 g/mol. The quantitative estimate of drug-likeness (QED) is 0.882. The van der Waals surface area contributed by atoms with Crippen LogP contribution in [0.2, 0.25) is 0 Å². The minimum atomic E-state index is -3.37. The molecule has 23 heavy (non-hydrogen) atoms. The Balaban J connectivity index is 2.22. The second-order valence-electron chi connectivity index (χ2n) is 5.29. The van der Waals surface area contributed by atoms with E-state index in [0.717, 1.165) is 16.8 Å². The molecule has 2 aromatic carbocycles. The van der Waals surface area contributed by atoms with E-state index in [4.69, 9.17) is 0 Å². The number of benzene rings is 2. The van der Waals surface area contributed by atoms with E-state index < -0.39 is 10.0 Å². The van der Waals surface area contributed by atoms with Gasteiger partial charge in [-0.15, -0.1) is 0 Å². The first kappa shape index (κ1) is 17.0. The number of aryl methyl sites for hydroxylation is 1. The zero-order chi connectivity index (χ0) is 17.0. The van der Waals surface area contributed by atoms with Gasteiger partial charge in [-0.1, -0.05) is 18.2 Å². The first-order chi connectivity index (χ1) is 10.8. The Labute approximate surface area is 136 Å². The number of rotatable bonds is 5. The standard InChI is InChI=1S/C17H20N2O3S/c1-4-23(21,22)19-15-9-6-8-14(11-15)17(20)18-16-10-5-7-12(2)13(16)3/h5-11,19H,4H2,1-3H3,(H,18,20). The Hall–Kier alpha value is -2.34. The van der Waals surface area contributed by atoms with Gasteiger partial charge < -0.3 is 5.32 Å². The normalized spacial score (nSPS) is 11.1. The molecule has 0 aromatic heterocycles.